The Morgan fingerprint density at radius 2 is 2.05 bits per heavy atom. The Kier molecular flexibility index (Phi) is 3.42. The van der Waals surface area contributed by atoms with Gasteiger partial charge in [-0.25, -0.2) is 0 Å². The molecule has 0 spiro atoms. The van der Waals surface area contributed by atoms with E-state index >= 15 is 0 Å². The fourth-order valence-electron chi connectivity index (χ4n) is 2.51. The number of ether oxygens (including phenoxy) is 1. The molecule has 0 atom stereocenters. The van der Waals surface area contributed by atoms with Gasteiger partial charge in [0.25, 0.3) is 0 Å². The molecule has 102 valence electrons. The first-order valence-electron chi connectivity index (χ1n) is 6.92. The quantitative estimate of drug-likeness (QED) is 0.864. The molecule has 0 amide bonds. The molecule has 20 heavy (non-hydrogen) atoms. The Morgan fingerprint density at radius 3 is 2.90 bits per heavy atom. The predicted molar refractivity (Wildman–Crippen MR) is 79.7 cm³/mol. The summed E-state index contributed by atoms with van der Waals surface area (Å²) >= 11 is 0. The van der Waals surface area contributed by atoms with E-state index in [0.717, 1.165) is 30.0 Å². The van der Waals surface area contributed by atoms with Crippen LogP contribution in [0.2, 0.25) is 0 Å². The Hall–Kier alpha value is -2.29. The maximum atomic E-state index is 12.5. The largest absolute Gasteiger partial charge is 0.494 e. The van der Waals surface area contributed by atoms with Crippen LogP contribution in [0, 0.1) is 0 Å². The highest BCUT2D eigenvalue weighted by atomic mass is 16.5. The Bertz CT molecular complexity index is 649. The van der Waals surface area contributed by atoms with E-state index in [9.17, 15) is 4.79 Å². The molecule has 1 aliphatic rings. The van der Waals surface area contributed by atoms with Gasteiger partial charge in [0.1, 0.15) is 5.75 Å². The van der Waals surface area contributed by atoms with Crippen molar-refractivity contribution in [3.05, 3.63) is 59.2 Å². The molecule has 1 aliphatic heterocycles. The van der Waals surface area contributed by atoms with Crippen LogP contribution in [0.1, 0.15) is 28.4 Å². The number of nitrogens with one attached hydrogen (secondary N) is 1. The van der Waals surface area contributed by atoms with E-state index in [-0.39, 0.29) is 5.78 Å². The van der Waals surface area contributed by atoms with Crippen LogP contribution in [0.5, 0.6) is 5.75 Å². The number of anilines is 1. The van der Waals surface area contributed by atoms with Crippen LogP contribution in [0.25, 0.3) is 0 Å². The topological polar surface area (TPSA) is 38.3 Å². The van der Waals surface area contributed by atoms with Gasteiger partial charge < -0.3 is 10.1 Å². The number of carbonyl (C=O) groups excluding carboxylic acids is 1. The molecule has 0 radical (unpaired) electrons. The molecule has 1 heterocycles. The minimum atomic E-state index is 0.0428. The van der Waals surface area contributed by atoms with Crippen LogP contribution in [-0.4, -0.2) is 18.9 Å². The highest BCUT2D eigenvalue weighted by molar-refractivity contribution is 6.09. The highest BCUT2D eigenvalue weighted by Crippen LogP contribution is 2.25. The number of hydrogen-bond acceptors (Lipinski definition) is 3. The second kappa shape index (κ2) is 5.37. The van der Waals surface area contributed by atoms with Gasteiger partial charge in [0.05, 0.1) is 6.61 Å². The maximum absolute atomic E-state index is 12.5. The molecule has 0 aliphatic carbocycles. The lowest BCUT2D eigenvalue weighted by atomic mass is 10.00. The van der Waals surface area contributed by atoms with Crippen molar-refractivity contribution in [2.75, 3.05) is 18.5 Å². The molecule has 2 aromatic rings. The van der Waals surface area contributed by atoms with Gasteiger partial charge in [-0.1, -0.05) is 12.1 Å². The van der Waals surface area contributed by atoms with Gasteiger partial charge in [-0.3, -0.25) is 4.79 Å². The van der Waals surface area contributed by atoms with Crippen LogP contribution in [0.15, 0.2) is 42.5 Å². The van der Waals surface area contributed by atoms with E-state index in [1.165, 1.54) is 5.56 Å². The van der Waals surface area contributed by atoms with E-state index in [1.807, 2.05) is 43.3 Å². The molecular weight excluding hydrogens is 250 g/mol. The molecule has 0 bridgehead atoms. The summed E-state index contributed by atoms with van der Waals surface area (Å²) in [6.07, 6.45) is 0.982. The summed E-state index contributed by atoms with van der Waals surface area (Å²) in [6.45, 7) is 3.48. The first-order chi connectivity index (χ1) is 9.78. The molecule has 0 unspecified atom stereocenters. The van der Waals surface area contributed by atoms with Crippen molar-refractivity contribution in [1.29, 1.82) is 0 Å². The lowest BCUT2D eigenvalue weighted by Crippen LogP contribution is -2.02. The zero-order valence-corrected chi connectivity index (χ0v) is 11.5. The second-order valence-corrected chi connectivity index (χ2v) is 4.84. The monoisotopic (exact) mass is 267 g/mol. The summed E-state index contributed by atoms with van der Waals surface area (Å²) in [5, 5.41) is 3.30. The molecule has 3 rings (SSSR count). The molecule has 0 saturated carbocycles. The summed E-state index contributed by atoms with van der Waals surface area (Å²) in [5.74, 6) is 0.780. The standard InChI is InChI=1S/C17H17NO2/c1-2-20-15-5-3-4-13(11-15)17(19)14-6-7-16-12(10-14)8-9-18-16/h3-7,10-11,18H,2,8-9H2,1H3. The summed E-state index contributed by atoms with van der Waals surface area (Å²) in [5.41, 5.74) is 3.77. The zero-order valence-electron chi connectivity index (χ0n) is 11.5. The number of rotatable bonds is 4. The van der Waals surface area contributed by atoms with Crippen molar-refractivity contribution in [3.63, 3.8) is 0 Å². The van der Waals surface area contributed by atoms with E-state index in [0.29, 0.717) is 12.2 Å². The lowest BCUT2D eigenvalue weighted by Gasteiger charge is -2.07. The Morgan fingerprint density at radius 1 is 1.20 bits per heavy atom. The van der Waals surface area contributed by atoms with Gasteiger partial charge in [-0.15, -0.1) is 0 Å². The van der Waals surface area contributed by atoms with E-state index in [2.05, 4.69) is 5.32 Å². The minimum Gasteiger partial charge on any atom is -0.494 e. The third-order valence-electron chi connectivity index (χ3n) is 3.48. The normalized spacial score (nSPS) is 12.7. The first kappa shape index (κ1) is 12.7. The van der Waals surface area contributed by atoms with Crippen molar-refractivity contribution in [3.8, 4) is 5.75 Å². The summed E-state index contributed by atoms with van der Waals surface area (Å²) in [7, 11) is 0. The number of ketones is 1. The number of benzene rings is 2. The average molecular weight is 267 g/mol. The third-order valence-corrected chi connectivity index (χ3v) is 3.48. The SMILES string of the molecule is CCOc1cccc(C(=O)c2ccc3c(c2)CCN3)c1. The van der Waals surface area contributed by atoms with Gasteiger partial charge in [0.15, 0.2) is 5.78 Å². The molecule has 2 aromatic carbocycles. The highest BCUT2D eigenvalue weighted by Gasteiger charge is 2.15. The first-order valence-corrected chi connectivity index (χ1v) is 6.92. The van der Waals surface area contributed by atoms with Crippen LogP contribution in [0.4, 0.5) is 5.69 Å². The van der Waals surface area contributed by atoms with Gasteiger partial charge in [0.2, 0.25) is 0 Å². The van der Waals surface area contributed by atoms with Crippen LogP contribution < -0.4 is 10.1 Å². The fourth-order valence-corrected chi connectivity index (χ4v) is 2.51. The van der Waals surface area contributed by atoms with Crippen LogP contribution >= 0.6 is 0 Å². The average Bonchev–Trinajstić information content (AvgIpc) is 2.94. The summed E-state index contributed by atoms with van der Waals surface area (Å²) < 4.78 is 5.44. The molecule has 0 saturated heterocycles. The molecule has 0 fully saturated rings. The fraction of sp³-hybridized carbons (Fsp3) is 0.235. The number of fused-ring (bicyclic) bond motifs is 1. The lowest BCUT2D eigenvalue weighted by molar-refractivity contribution is 0.103. The molecule has 0 aromatic heterocycles. The summed E-state index contributed by atoms with van der Waals surface area (Å²) in [4.78, 5) is 12.5. The van der Waals surface area contributed by atoms with Crippen LogP contribution in [-0.2, 0) is 6.42 Å². The molecule has 1 N–H and O–H groups in total. The smallest absolute Gasteiger partial charge is 0.193 e. The van der Waals surface area contributed by atoms with Crippen molar-refractivity contribution in [2.24, 2.45) is 0 Å². The van der Waals surface area contributed by atoms with E-state index in [1.54, 1.807) is 6.07 Å². The predicted octanol–water partition coefficient (Wildman–Crippen LogP) is 3.28. The van der Waals surface area contributed by atoms with Gasteiger partial charge in [-0.2, -0.15) is 0 Å². The van der Waals surface area contributed by atoms with Crippen molar-refractivity contribution >= 4 is 11.5 Å². The maximum Gasteiger partial charge on any atom is 0.193 e. The third kappa shape index (κ3) is 2.39. The molecule has 3 nitrogen and oxygen atoms in total. The number of hydrogen-bond donors (Lipinski definition) is 1. The summed E-state index contributed by atoms with van der Waals surface area (Å²) in [6, 6.07) is 13.2. The second-order valence-electron chi connectivity index (χ2n) is 4.84. The Labute approximate surface area is 118 Å². The van der Waals surface area contributed by atoms with Crippen LogP contribution in [0.3, 0.4) is 0 Å². The van der Waals surface area contributed by atoms with Crippen molar-refractivity contribution < 1.29 is 9.53 Å². The van der Waals surface area contributed by atoms with E-state index < -0.39 is 0 Å². The number of carbonyl (C=O) groups is 1. The Balaban J connectivity index is 1.90. The van der Waals surface area contributed by atoms with Crippen molar-refractivity contribution in [2.45, 2.75) is 13.3 Å². The molecular formula is C17H17NO2. The van der Waals surface area contributed by atoms with Crippen molar-refractivity contribution in [1.82, 2.24) is 0 Å². The molecule has 3 heteroatoms. The minimum absolute atomic E-state index is 0.0428. The van der Waals surface area contributed by atoms with Gasteiger partial charge in [-0.05, 0) is 49.2 Å². The van der Waals surface area contributed by atoms with Gasteiger partial charge in [0, 0.05) is 23.4 Å². The zero-order chi connectivity index (χ0) is 13.9. The van der Waals surface area contributed by atoms with Gasteiger partial charge >= 0.3 is 0 Å². The van der Waals surface area contributed by atoms with E-state index in [4.69, 9.17) is 4.74 Å².